The standard InChI is InChI=1S/C8H15N/c1-2-3-5-8-6-4-7-9-8/h2-3,8-9H,4-7H2,1H3/b3-2-. The largest absolute Gasteiger partial charge is 0.314 e. The Bertz CT molecular complexity index is 90.7. The predicted octanol–water partition coefficient (Wildman–Crippen LogP) is 1.70. The Morgan fingerprint density at radius 3 is 3.11 bits per heavy atom. The van der Waals surface area contributed by atoms with Gasteiger partial charge in [0.25, 0.3) is 0 Å². The van der Waals surface area contributed by atoms with Crippen molar-refractivity contribution in [2.45, 2.75) is 32.2 Å². The SMILES string of the molecule is C/C=C\CC1CCCN1. The maximum absolute atomic E-state index is 3.44. The van der Waals surface area contributed by atoms with Crippen LogP contribution in [0.3, 0.4) is 0 Å². The molecule has 1 fully saturated rings. The Morgan fingerprint density at radius 1 is 1.67 bits per heavy atom. The number of allylic oxidation sites excluding steroid dienone is 1. The van der Waals surface area contributed by atoms with Crippen LogP contribution in [0.25, 0.3) is 0 Å². The first-order valence-corrected chi connectivity index (χ1v) is 3.78. The van der Waals surface area contributed by atoms with Gasteiger partial charge < -0.3 is 5.32 Å². The normalized spacial score (nSPS) is 27.9. The highest BCUT2D eigenvalue weighted by atomic mass is 14.9. The van der Waals surface area contributed by atoms with E-state index in [0.29, 0.717) is 0 Å². The third-order valence-electron chi connectivity index (χ3n) is 1.82. The van der Waals surface area contributed by atoms with Crippen molar-refractivity contribution < 1.29 is 0 Å². The molecule has 0 spiro atoms. The van der Waals surface area contributed by atoms with Gasteiger partial charge in [-0.05, 0) is 32.7 Å². The molecule has 0 radical (unpaired) electrons. The smallest absolute Gasteiger partial charge is 0.0102 e. The van der Waals surface area contributed by atoms with Crippen LogP contribution in [0, 0.1) is 0 Å². The van der Waals surface area contributed by atoms with Gasteiger partial charge in [0, 0.05) is 6.04 Å². The van der Waals surface area contributed by atoms with Gasteiger partial charge in [0.2, 0.25) is 0 Å². The summed E-state index contributed by atoms with van der Waals surface area (Å²) in [7, 11) is 0. The molecule has 0 aromatic heterocycles. The third-order valence-corrected chi connectivity index (χ3v) is 1.82. The van der Waals surface area contributed by atoms with Gasteiger partial charge in [-0.15, -0.1) is 0 Å². The predicted molar refractivity (Wildman–Crippen MR) is 40.5 cm³/mol. The molecule has 0 saturated carbocycles. The molecule has 9 heavy (non-hydrogen) atoms. The second kappa shape index (κ2) is 3.67. The average molecular weight is 125 g/mol. The number of hydrogen-bond acceptors (Lipinski definition) is 1. The first kappa shape index (κ1) is 6.81. The van der Waals surface area contributed by atoms with E-state index >= 15 is 0 Å². The highest BCUT2D eigenvalue weighted by Gasteiger charge is 2.10. The van der Waals surface area contributed by atoms with Crippen LogP contribution < -0.4 is 5.32 Å². The molecule has 1 heterocycles. The Balaban J connectivity index is 2.11. The summed E-state index contributed by atoms with van der Waals surface area (Å²) < 4.78 is 0. The molecule has 1 N–H and O–H groups in total. The van der Waals surface area contributed by atoms with Gasteiger partial charge >= 0.3 is 0 Å². The molecule has 1 aliphatic rings. The summed E-state index contributed by atoms with van der Waals surface area (Å²) in [5, 5.41) is 3.44. The van der Waals surface area contributed by atoms with E-state index in [2.05, 4.69) is 24.4 Å². The fourth-order valence-electron chi connectivity index (χ4n) is 1.26. The molecule has 0 amide bonds. The van der Waals surface area contributed by atoms with Crippen molar-refractivity contribution in [1.29, 1.82) is 0 Å². The molecular weight excluding hydrogens is 110 g/mol. The van der Waals surface area contributed by atoms with Crippen LogP contribution in [0.1, 0.15) is 26.2 Å². The summed E-state index contributed by atoms with van der Waals surface area (Å²) in [5.41, 5.74) is 0. The molecule has 0 aliphatic carbocycles. The average Bonchev–Trinajstić information content (AvgIpc) is 2.34. The maximum Gasteiger partial charge on any atom is 0.0102 e. The van der Waals surface area contributed by atoms with Gasteiger partial charge in [-0.2, -0.15) is 0 Å². The lowest BCUT2D eigenvalue weighted by atomic mass is 10.1. The Kier molecular flexibility index (Phi) is 2.78. The van der Waals surface area contributed by atoms with Crippen molar-refractivity contribution in [2.75, 3.05) is 6.54 Å². The van der Waals surface area contributed by atoms with Gasteiger partial charge in [-0.3, -0.25) is 0 Å². The van der Waals surface area contributed by atoms with Crippen LogP contribution in [-0.4, -0.2) is 12.6 Å². The summed E-state index contributed by atoms with van der Waals surface area (Å²) in [6.07, 6.45) is 8.31. The maximum atomic E-state index is 3.44. The highest BCUT2D eigenvalue weighted by Crippen LogP contribution is 2.08. The quantitative estimate of drug-likeness (QED) is 0.554. The van der Waals surface area contributed by atoms with E-state index in [1.807, 2.05) is 0 Å². The van der Waals surface area contributed by atoms with E-state index in [4.69, 9.17) is 0 Å². The van der Waals surface area contributed by atoms with Crippen molar-refractivity contribution >= 4 is 0 Å². The molecular formula is C8H15N. The van der Waals surface area contributed by atoms with Crippen LogP contribution in [0.4, 0.5) is 0 Å². The van der Waals surface area contributed by atoms with Crippen LogP contribution >= 0.6 is 0 Å². The number of rotatable bonds is 2. The molecule has 1 atom stereocenters. The van der Waals surface area contributed by atoms with Gasteiger partial charge in [-0.25, -0.2) is 0 Å². The number of hydrogen-bond donors (Lipinski definition) is 1. The topological polar surface area (TPSA) is 12.0 Å². The van der Waals surface area contributed by atoms with E-state index in [0.717, 1.165) is 6.04 Å². The van der Waals surface area contributed by atoms with E-state index in [-0.39, 0.29) is 0 Å². The van der Waals surface area contributed by atoms with E-state index < -0.39 is 0 Å². The van der Waals surface area contributed by atoms with Crippen LogP contribution in [0.2, 0.25) is 0 Å². The first-order valence-electron chi connectivity index (χ1n) is 3.78. The minimum Gasteiger partial charge on any atom is -0.314 e. The summed E-state index contributed by atoms with van der Waals surface area (Å²) in [5.74, 6) is 0. The summed E-state index contributed by atoms with van der Waals surface area (Å²) in [6, 6.07) is 0.779. The second-order valence-electron chi connectivity index (χ2n) is 2.60. The van der Waals surface area contributed by atoms with Crippen LogP contribution in [0.5, 0.6) is 0 Å². The molecule has 0 aromatic carbocycles. The Morgan fingerprint density at radius 2 is 2.56 bits per heavy atom. The molecule has 1 nitrogen and oxygen atoms in total. The fraction of sp³-hybridized carbons (Fsp3) is 0.750. The van der Waals surface area contributed by atoms with Crippen LogP contribution in [-0.2, 0) is 0 Å². The molecule has 1 heteroatoms. The van der Waals surface area contributed by atoms with Gasteiger partial charge in [-0.1, -0.05) is 12.2 Å². The monoisotopic (exact) mass is 125 g/mol. The van der Waals surface area contributed by atoms with Crippen molar-refractivity contribution in [2.24, 2.45) is 0 Å². The minimum absolute atomic E-state index is 0.779. The minimum atomic E-state index is 0.779. The third kappa shape index (κ3) is 2.19. The number of nitrogens with one attached hydrogen (secondary N) is 1. The zero-order valence-electron chi connectivity index (χ0n) is 6.06. The zero-order valence-corrected chi connectivity index (χ0v) is 6.06. The van der Waals surface area contributed by atoms with E-state index in [1.165, 1.54) is 25.8 Å². The van der Waals surface area contributed by atoms with Crippen molar-refractivity contribution in [1.82, 2.24) is 5.32 Å². The van der Waals surface area contributed by atoms with E-state index in [1.54, 1.807) is 0 Å². The van der Waals surface area contributed by atoms with Gasteiger partial charge in [0.1, 0.15) is 0 Å². The highest BCUT2D eigenvalue weighted by molar-refractivity contribution is 4.85. The summed E-state index contributed by atoms with van der Waals surface area (Å²) in [4.78, 5) is 0. The van der Waals surface area contributed by atoms with Crippen molar-refractivity contribution in [3.05, 3.63) is 12.2 Å². The second-order valence-corrected chi connectivity index (χ2v) is 2.60. The van der Waals surface area contributed by atoms with Crippen LogP contribution in [0.15, 0.2) is 12.2 Å². The molecule has 1 saturated heterocycles. The molecule has 1 aliphatic heterocycles. The lowest BCUT2D eigenvalue weighted by Gasteiger charge is -2.03. The van der Waals surface area contributed by atoms with Crippen molar-refractivity contribution in [3.63, 3.8) is 0 Å². The zero-order chi connectivity index (χ0) is 6.53. The van der Waals surface area contributed by atoms with Gasteiger partial charge in [0.15, 0.2) is 0 Å². The fourth-order valence-corrected chi connectivity index (χ4v) is 1.26. The van der Waals surface area contributed by atoms with Crippen molar-refractivity contribution in [3.8, 4) is 0 Å². The first-order chi connectivity index (χ1) is 4.43. The lowest BCUT2D eigenvalue weighted by molar-refractivity contribution is 0.614. The Hall–Kier alpha value is -0.300. The molecule has 0 aromatic rings. The molecule has 52 valence electrons. The molecule has 1 unspecified atom stereocenters. The lowest BCUT2D eigenvalue weighted by Crippen LogP contribution is -2.19. The van der Waals surface area contributed by atoms with Gasteiger partial charge in [0.05, 0.1) is 0 Å². The summed E-state index contributed by atoms with van der Waals surface area (Å²) >= 11 is 0. The summed E-state index contributed by atoms with van der Waals surface area (Å²) in [6.45, 7) is 3.30. The molecule has 1 rings (SSSR count). The Labute approximate surface area is 57.1 Å². The molecule has 0 bridgehead atoms. The van der Waals surface area contributed by atoms with E-state index in [9.17, 15) is 0 Å².